The second-order valence-electron chi connectivity index (χ2n) is 6.01. The highest BCUT2D eigenvalue weighted by Gasteiger charge is 2.16. The molecule has 0 aliphatic rings. The first-order chi connectivity index (χ1) is 13.7. The Balaban J connectivity index is 1.53. The van der Waals surface area contributed by atoms with Crippen LogP contribution in [0.3, 0.4) is 0 Å². The maximum absolute atomic E-state index is 10.4. The van der Waals surface area contributed by atoms with Crippen LogP contribution in [-0.2, 0) is 0 Å². The van der Waals surface area contributed by atoms with Crippen LogP contribution in [0.15, 0.2) is 63.9 Å². The third-order valence-corrected chi connectivity index (χ3v) is 4.97. The number of aromatic nitrogens is 4. The molecule has 0 fully saturated rings. The van der Waals surface area contributed by atoms with Gasteiger partial charge < -0.3 is 14.5 Å². The molecule has 0 aliphatic heterocycles. The molecule has 4 rings (SSSR count). The van der Waals surface area contributed by atoms with Crippen LogP contribution in [0, 0.1) is 18.3 Å². The lowest BCUT2D eigenvalue weighted by Crippen LogP contribution is -1.95. The van der Waals surface area contributed by atoms with E-state index in [1.165, 1.54) is 0 Å². The molecule has 0 aliphatic carbocycles. The molecule has 0 saturated carbocycles. The molecule has 0 bridgehead atoms. The molecule has 0 amide bonds. The molecule has 0 atom stereocenters. The normalized spacial score (nSPS) is 12.0. The van der Waals surface area contributed by atoms with E-state index in [1.807, 2.05) is 61.5 Å². The number of imidazole rings is 1. The van der Waals surface area contributed by atoms with Crippen molar-refractivity contribution < 1.29 is 9.52 Å². The molecule has 28 heavy (non-hydrogen) atoms. The smallest absolute Gasteiger partial charge is 0.277 e. The lowest BCUT2D eigenvalue weighted by molar-refractivity contribution is 0.418. The summed E-state index contributed by atoms with van der Waals surface area (Å²) in [6, 6.07) is 17.2. The van der Waals surface area contributed by atoms with Crippen molar-refractivity contribution in [2.24, 2.45) is 0 Å². The van der Waals surface area contributed by atoms with E-state index in [0.717, 1.165) is 33.9 Å². The number of aliphatic hydroxyl groups is 1. The standard InChI is InChI=1S/C20H15N5O2S/c1-12-6-2-3-7-13(12)19-24-25-20(27-19)28-11-17(26)14(10-21)18-22-15-8-4-5-9-16(15)23-18/h2-9,26H,11H2,1H3,(H,22,23)/b17-14-. The van der Waals surface area contributed by atoms with E-state index >= 15 is 0 Å². The number of fused-ring (bicyclic) bond motifs is 1. The van der Waals surface area contributed by atoms with Crippen molar-refractivity contribution in [2.45, 2.75) is 12.1 Å². The number of aryl methyl sites for hydroxylation is 1. The highest BCUT2D eigenvalue weighted by molar-refractivity contribution is 7.99. The quantitative estimate of drug-likeness (QED) is 0.293. The fourth-order valence-electron chi connectivity index (χ4n) is 2.72. The molecule has 138 valence electrons. The van der Waals surface area contributed by atoms with Gasteiger partial charge in [0.2, 0.25) is 5.89 Å². The van der Waals surface area contributed by atoms with Gasteiger partial charge in [0.1, 0.15) is 17.4 Å². The number of nitriles is 1. The summed E-state index contributed by atoms with van der Waals surface area (Å²) in [5, 5.41) is 28.2. The molecular weight excluding hydrogens is 374 g/mol. The number of benzene rings is 2. The third kappa shape index (κ3) is 3.48. The predicted molar refractivity (Wildman–Crippen MR) is 106 cm³/mol. The molecule has 2 N–H and O–H groups in total. The SMILES string of the molecule is Cc1ccccc1-c1nnc(SC/C(O)=C(\C#N)c2nc3ccccc3[nH]2)o1. The summed E-state index contributed by atoms with van der Waals surface area (Å²) >= 11 is 1.15. The van der Waals surface area contributed by atoms with Crippen LogP contribution in [-0.4, -0.2) is 31.0 Å². The Morgan fingerprint density at radius 3 is 2.75 bits per heavy atom. The lowest BCUT2D eigenvalue weighted by Gasteiger charge is -2.00. The maximum Gasteiger partial charge on any atom is 0.277 e. The summed E-state index contributed by atoms with van der Waals surface area (Å²) in [6.07, 6.45) is 0. The van der Waals surface area contributed by atoms with E-state index in [4.69, 9.17) is 4.42 Å². The summed E-state index contributed by atoms with van der Waals surface area (Å²) in [7, 11) is 0. The minimum atomic E-state index is -0.109. The number of nitrogens with one attached hydrogen (secondary N) is 1. The van der Waals surface area contributed by atoms with E-state index in [1.54, 1.807) is 0 Å². The molecule has 0 radical (unpaired) electrons. The van der Waals surface area contributed by atoms with Crippen molar-refractivity contribution in [2.75, 3.05) is 5.75 Å². The van der Waals surface area contributed by atoms with Gasteiger partial charge in [-0.25, -0.2) is 4.98 Å². The van der Waals surface area contributed by atoms with Gasteiger partial charge in [0.05, 0.1) is 16.8 Å². The molecule has 4 aromatic rings. The maximum atomic E-state index is 10.4. The van der Waals surface area contributed by atoms with E-state index in [9.17, 15) is 10.4 Å². The molecule has 0 saturated heterocycles. The topological polar surface area (TPSA) is 112 Å². The average molecular weight is 389 g/mol. The molecule has 0 spiro atoms. The molecule has 8 heteroatoms. The predicted octanol–water partition coefficient (Wildman–Crippen LogP) is 4.51. The van der Waals surface area contributed by atoms with Crippen LogP contribution < -0.4 is 0 Å². The van der Waals surface area contributed by atoms with Crippen molar-refractivity contribution >= 4 is 28.4 Å². The van der Waals surface area contributed by atoms with Gasteiger partial charge in [0.25, 0.3) is 5.22 Å². The van der Waals surface area contributed by atoms with Crippen LogP contribution >= 0.6 is 11.8 Å². The van der Waals surface area contributed by atoms with Crippen molar-refractivity contribution in [3.63, 3.8) is 0 Å². The fraction of sp³-hybridized carbons (Fsp3) is 0.100. The first kappa shape index (κ1) is 17.8. The van der Waals surface area contributed by atoms with Crippen LogP contribution in [0.25, 0.3) is 28.1 Å². The monoisotopic (exact) mass is 389 g/mol. The first-order valence-electron chi connectivity index (χ1n) is 8.45. The van der Waals surface area contributed by atoms with Crippen molar-refractivity contribution in [1.82, 2.24) is 20.2 Å². The Kier molecular flexibility index (Phi) is 4.83. The molecule has 2 heterocycles. The molecule has 2 aromatic carbocycles. The van der Waals surface area contributed by atoms with Crippen molar-refractivity contribution in [1.29, 1.82) is 5.26 Å². The highest BCUT2D eigenvalue weighted by atomic mass is 32.2. The number of thioether (sulfide) groups is 1. The summed E-state index contributed by atoms with van der Waals surface area (Å²) in [6.45, 7) is 1.97. The van der Waals surface area contributed by atoms with Crippen molar-refractivity contribution in [3.8, 4) is 17.5 Å². The van der Waals surface area contributed by atoms with Gasteiger partial charge in [-0.05, 0) is 30.7 Å². The minimum absolute atomic E-state index is 0.0855. The molecule has 0 unspecified atom stereocenters. The van der Waals surface area contributed by atoms with Gasteiger partial charge in [0, 0.05) is 5.56 Å². The Labute approximate surface area is 164 Å². The summed E-state index contributed by atoms with van der Waals surface area (Å²) in [5.74, 6) is 0.743. The average Bonchev–Trinajstić information content (AvgIpc) is 3.34. The van der Waals surface area contributed by atoms with Gasteiger partial charge in [-0.1, -0.05) is 42.1 Å². The number of para-hydroxylation sites is 2. The lowest BCUT2D eigenvalue weighted by atomic mass is 10.1. The molecule has 2 aromatic heterocycles. The second kappa shape index (κ2) is 7.58. The van der Waals surface area contributed by atoms with E-state index in [-0.39, 0.29) is 17.1 Å². The number of aromatic amines is 1. The van der Waals surface area contributed by atoms with Gasteiger partial charge in [0.15, 0.2) is 5.82 Å². The van der Waals surface area contributed by atoms with E-state index in [0.29, 0.717) is 16.9 Å². The van der Waals surface area contributed by atoms with Gasteiger partial charge in [-0.3, -0.25) is 0 Å². The summed E-state index contributed by atoms with van der Waals surface area (Å²) in [5.41, 5.74) is 3.50. The number of hydrogen-bond donors (Lipinski definition) is 2. The third-order valence-electron chi connectivity index (χ3n) is 4.14. The van der Waals surface area contributed by atoms with Crippen LogP contribution in [0.4, 0.5) is 0 Å². The number of nitrogens with zero attached hydrogens (tertiary/aromatic N) is 4. The van der Waals surface area contributed by atoms with Crippen molar-refractivity contribution in [3.05, 3.63) is 65.7 Å². The number of rotatable bonds is 5. The largest absolute Gasteiger partial charge is 0.510 e. The Morgan fingerprint density at radius 2 is 1.96 bits per heavy atom. The zero-order chi connectivity index (χ0) is 19.5. The summed E-state index contributed by atoms with van der Waals surface area (Å²) < 4.78 is 5.67. The zero-order valence-electron chi connectivity index (χ0n) is 14.9. The second-order valence-corrected chi connectivity index (χ2v) is 6.94. The Hall–Kier alpha value is -3.57. The number of aliphatic hydroxyl groups excluding tert-OH is 1. The first-order valence-corrected chi connectivity index (χ1v) is 9.44. The van der Waals surface area contributed by atoms with E-state index in [2.05, 4.69) is 20.2 Å². The number of allylic oxidation sites excluding steroid dienone is 1. The molecule has 7 nitrogen and oxygen atoms in total. The Bertz CT molecular complexity index is 1190. The highest BCUT2D eigenvalue weighted by Crippen LogP contribution is 2.27. The van der Waals surface area contributed by atoms with E-state index < -0.39 is 0 Å². The van der Waals surface area contributed by atoms with Crippen LogP contribution in [0.5, 0.6) is 0 Å². The van der Waals surface area contributed by atoms with Gasteiger partial charge in [-0.2, -0.15) is 5.26 Å². The number of hydrogen-bond acceptors (Lipinski definition) is 7. The van der Waals surface area contributed by atoms with Gasteiger partial charge >= 0.3 is 0 Å². The number of H-pyrrole nitrogens is 1. The van der Waals surface area contributed by atoms with Crippen LogP contribution in [0.2, 0.25) is 0 Å². The summed E-state index contributed by atoms with van der Waals surface area (Å²) in [4.78, 5) is 7.40. The minimum Gasteiger partial charge on any atom is -0.510 e. The van der Waals surface area contributed by atoms with Crippen LogP contribution in [0.1, 0.15) is 11.4 Å². The molecular formula is C20H15N5O2S. The van der Waals surface area contributed by atoms with Gasteiger partial charge in [-0.15, -0.1) is 10.2 Å². The zero-order valence-corrected chi connectivity index (χ0v) is 15.7. The Morgan fingerprint density at radius 1 is 1.18 bits per heavy atom. The fourth-order valence-corrected chi connectivity index (χ4v) is 3.36.